The highest BCUT2D eigenvalue weighted by Gasteiger charge is 2.30. The van der Waals surface area contributed by atoms with E-state index in [1.807, 2.05) is 6.08 Å². The van der Waals surface area contributed by atoms with Crippen LogP contribution >= 0.6 is 0 Å². The molecule has 0 aromatic carbocycles. The van der Waals surface area contributed by atoms with E-state index in [2.05, 4.69) is 11.3 Å². The van der Waals surface area contributed by atoms with Crippen molar-refractivity contribution in [3.63, 3.8) is 0 Å². The summed E-state index contributed by atoms with van der Waals surface area (Å²) in [6, 6.07) is 0.221. The van der Waals surface area contributed by atoms with E-state index in [1.54, 1.807) is 0 Å². The summed E-state index contributed by atoms with van der Waals surface area (Å²) >= 11 is -1.85. The molecular weight excluding hydrogens is 162 g/mol. The van der Waals surface area contributed by atoms with Crippen molar-refractivity contribution in [1.82, 2.24) is 4.72 Å². The maximum Gasteiger partial charge on any atom is 0.231 e. The number of hydrogen-bond donors (Lipinski definition) is 2. The van der Waals surface area contributed by atoms with Gasteiger partial charge in [0.1, 0.15) is 0 Å². The van der Waals surface area contributed by atoms with Crippen LogP contribution in [0.3, 0.4) is 0 Å². The van der Waals surface area contributed by atoms with Gasteiger partial charge in [-0.15, -0.1) is 6.58 Å². The Morgan fingerprint density at radius 3 is 2.82 bits per heavy atom. The molecule has 1 unspecified atom stereocenters. The van der Waals surface area contributed by atoms with Crippen LogP contribution in [0.15, 0.2) is 12.7 Å². The highest BCUT2D eigenvalue weighted by molar-refractivity contribution is 7.77. The first-order chi connectivity index (χ1) is 5.24. The molecule has 0 aliphatic heterocycles. The van der Waals surface area contributed by atoms with Gasteiger partial charge in [0.15, 0.2) is 0 Å². The van der Waals surface area contributed by atoms with Gasteiger partial charge in [-0.25, -0.2) is 8.93 Å². The summed E-state index contributed by atoms with van der Waals surface area (Å²) in [5.41, 5.74) is 0. The first-order valence-corrected chi connectivity index (χ1v) is 4.82. The summed E-state index contributed by atoms with van der Waals surface area (Å²) in [7, 11) is 0. The first-order valence-electron chi connectivity index (χ1n) is 3.72. The van der Waals surface area contributed by atoms with Crippen LogP contribution in [0.2, 0.25) is 0 Å². The summed E-state index contributed by atoms with van der Waals surface area (Å²) in [6.07, 6.45) is 4.94. The van der Waals surface area contributed by atoms with E-state index in [0.717, 1.165) is 19.3 Å². The van der Waals surface area contributed by atoms with Crippen LogP contribution in [0.1, 0.15) is 19.3 Å². The van der Waals surface area contributed by atoms with Gasteiger partial charge in [0.2, 0.25) is 11.3 Å². The predicted molar refractivity (Wildman–Crippen MR) is 45.2 cm³/mol. The Kier molecular flexibility index (Phi) is 3.23. The van der Waals surface area contributed by atoms with E-state index in [-0.39, 0.29) is 6.04 Å². The molecule has 1 fully saturated rings. The lowest BCUT2D eigenvalue weighted by molar-refractivity contribution is 0.239. The maximum absolute atomic E-state index is 10.3. The number of hydrogen-bond acceptors (Lipinski definition) is 1. The van der Waals surface area contributed by atoms with Gasteiger partial charge in [-0.1, -0.05) is 6.08 Å². The Balaban J connectivity index is 2.25. The largest absolute Gasteiger partial charge is 0.294 e. The van der Waals surface area contributed by atoms with Crippen molar-refractivity contribution >= 4 is 11.3 Å². The van der Waals surface area contributed by atoms with Crippen molar-refractivity contribution in [3.8, 4) is 0 Å². The SMILES string of the molecule is C=CC[C@H]1CC[C@@H]1NS(=O)O. The molecule has 0 radical (unpaired) electrons. The molecule has 1 rings (SSSR count). The third-order valence-electron chi connectivity index (χ3n) is 2.14. The van der Waals surface area contributed by atoms with Crippen molar-refractivity contribution in [3.05, 3.63) is 12.7 Å². The fourth-order valence-corrected chi connectivity index (χ4v) is 1.92. The average Bonchev–Trinajstić information content (AvgIpc) is 1.93. The van der Waals surface area contributed by atoms with Crippen molar-refractivity contribution < 1.29 is 8.76 Å². The second kappa shape index (κ2) is 3.99. The molecule has 0 heterocycles. The third kappa shape index (κ3) is 2.39. The Bertz CT molecular complexity index is 172. The fourth-order valence-electron chi connectivity index (χ4n) is 1.35. The van der Waals surface area contributed by atoms with E-state index in [9.17, 15) is 4.21 Å². The molecule has 0 saturated heterocycles. The molecule has 1 aliphatic rings. The average molecular weight is 175 g/mol. The topological polar surface area (TPSA) is 49.3 Å². The third-order valence-corrected chi connectivity index (χ3v) is 2.64. The summed E-state index contributed by atoms with van der Waals surface area (Å²) < 4.78 is 21.4. The number of allylic oxidation sites excluding steroid dienone is 1. The highest BCUT2D eigenvalue weighted by atomic mass is 32.2. The van der Waals surface area contributed by atoms with Crippen LogP contribution in [-0.2, 0) is 11.3 Å². The zero-order chi connectivity index (χ0) is 8.27. The van der Waals surface area contributed by atoms with Gasteiger partial charge in [0.05, 0.1) is 0 Å². The van der Waals surface area contributed by atoms with Crippen LogP contribution in [0.4, 0.5) is 0 Å². The molecule has 0 aromatic rings. The summed E-state index contributed by atoms with van der Waals surface area (Å²) in [4.78, 5) is 0. The lowest BCUT2D eigenvalue weighted by Gasteiger charge is -2.35. The molecular formula is C7H13NO2S. The minimum atomic E-state index is -1.85. The second-order valence-electron chi connectivity index (χ2n) is 2.84. The minimum absolute atomic E-state index is 0.221. The molecule has 3 atom stereocenters. The molecule has 0 spiro atoms. The van der Waals surface area contributed by atoms with Crippen LogP contribution in [0.25, 0.3) is 0 Å². The quantitative estimate of drug-likeness (QED) is 0.496. The number of rotatable bonds is 4. The van der Waals surface area contributed by atoms with E-state index in [0.29, 0.717) is 5.92 Å². The van der Waals surface area contributed by atoms with Crippen molar-refractivity contribution in [2.75, 3.05) is 0 Å². The van der Waals surface area contributed by atoms with Gasteiger partial charge in [0.25, 0.3) is 0 Å². The smallest absolute Gasteiger partial charge is 0.231 e. The van der Waals surface area contributed by atoms with Gasteiger partial charge in [-0.3, -0.25) is 4.55 Å². The van der Waals surface area contributed by atoms with Gasteiger partial charge in [0, 0.05) is 6.04 Å². The molecule has 2 N–H and O–H groups in total. The van der Waals surface area contributed by atoms with Crippen LogP contribution in [-0.4, -0.2) is 14.8 Å². The van der Waals surface area contributed by atoms with Crippen molar-refractivity contribution in [2.45, 2.75) is 25.3 Å². The van der Waals surface area contributed by atoms with Gasteiger partial charge < -0.3 is 0 Å². The Labute approximate surface area is 69.3 Å². The standard InChI is InChI=1S/C7H13NO2S/c1-2-3-6-4-5-7(6)8-11(9)10/h2,6-8H,1,3-5H2,(H,9,10)/t6-,7-/m0/s1. The zero-order valence-electron chi connectivity index (χ0n) is 6.32. The summed E-state index contributed by atoms with van der Waals surface area (Å²) in [5.74, 6) is 0.517. The van der Waals surface area contributed by atoms with Crippen molar-refractivity contribution in [2.24, 2.45) is 5.92 Å². The zero-order valence-corrected chi connectivity index (χ0v) is 7.14. The lowest BCUT2D eigenvalue weighted by atomic mass is 9.78. The molecule has 11 heavy (non-hydrogen) atoms. The predicted octanol–water partition coefficient (Wildman–Crippen LogP) is 1.07. The molecule has 1 aliphatic carbocycles. The lowest BCUT2D eigenvalue weighted by Crippen LogP contribution is -2.44. The fraction of sp³-hybridized carbons (Fsp3) is 0.714. The molecule has 1 saturated carbocycles. The molecule has 0 bridgehead atoms. The second-order valence-corrected chi connectivity index (χ2v) is 3.57. The molecule has 0 aromatic heterocycles. The van der Waals surface area contributed by atoms with Crippen LogP contribution in [0.5, 0.6) is 0 Å². The monoisotopic (exact) mass is 175 g/mol. The van der Waals surface area contributed by atoms with Gasteiger partial charge in [-0.05, 0) is 25.2 Å². The van der Waals surface area contributed by atoms with E-state index >= 15 is 0 Å². The molecule has 4 heteroatoms. The van der Waals surface area contributed by atoms with Gasteiger partial charge in [-0.2, -0.15) is 0 Å². The normalized spacial score (nSPS) is 32.5. The van der Waals surface area contributed by atoms with Gasteiger partial charge >= 0.3 is 0 Å². The summed E-state index contributed by atoms with van der Waals surface area (Å²) in [5, 5.41) is 0. The van der Waals surface area contributed by atoms with Crippen LogP contribution < -0.4 is 4.72 Å². The van der Waals surface area contributed by atoms with E-state index in [1.165, 1.54) is 0 Å². The molecule has 3 nitrogen and oxygen atoms in total. The van der Waals surface area contributed by atoms with E-state index < -0.39 is 11.3 Å². The molecule has 0 amide bonds. The van der Waals surface area contributed by atoms with Crippen LogP contribution in [0, 0.1) is 5.92 Å². The number of nitrogens with one attached hydrogen (secondary N) is 1. The van der Waals surface area contributed by atoms with Crippen molar-refractivity contribution in [1.29, 1.82) is 0 Å². The Morgan fingerprint density at radius 1 is 1.73 bits per heavy atom. The molecule has 64 valence electrons. The maximum atomic E-state index is 10.3. The highest BCUT2D eigenvalue weighted by Crippen LogP contribution is 2.30. The summed E-state index contributed by atoms with van der Waals surface area (Å²) in [6.45, 7) is 3.63. The Hall–Kier alpha value is -0.190. The van der Waals surface area contributed by atoms with E-state index in [4.69, 9.17) is 4.55 Å². The Morgan fingerprint density at radius 2 is 2.45 bits per heavy atom. The minimum Gasteiger partial charge on any atom is -0.294 e. The first kappa shape index (κ1) is 8.90.